The second kappa shape index (κ2) is 7.67. The van der Waals surface area contributed by atoms with Crippen molar-refractivity contribution in [2.75, 3.05) is 0 Å². The van der Waals surface area contributed by atoms with Gasteiger partial charge in [-0.1, -0.05) is 24.3 Å². The Balaban J connectivity index is 1.36. The van der Waals surface area contributed by atoms with Gasteiger partial charge < -0.3 is 9.15 Å². The standard InChI is InChI=1S/C24H17N3O3/c28-24-27(23(16-30-24)18-11-13-25-14-12-18)20-7-9-21(10-8-20)29-15-19-6-5-17-3-1-2-4-22(17)26-19/h1-14,16H,15H2. The number of nitrogens with zero attached hydrogens (tertiary/aromatic N) is 3. The maximum atomic E-state index is 12.3. The molecule has 146 valence electrons. The number of fused-ring (bicyclic) bond motifs is 1. The summed E-state index contributed by atoms with van der Waals surface area (Å²) in [5, 5.41) is 1.10. The highest BCUT2D eigenvalue weighted by atomic mass is 16.5. The van der Waals surface area contributed by atoms with Gasteiger partial charge in [0, 0.05) is 23.3 Å². The van der Waals surface area contributed by atoms with Gasteiger partial charge in [-0.2, -0.15) is 0 Å². The highest BCUT2D eigenvalue weighted by molar-refractivity contribution is 5.78. The van der Waals surface area contributed by atoms with Gasteiger partial charge in [-0.15, -0.1) is 0 Å². The average molecular weight is 395 g/mol. The number of rotatable bonds is 5. The van der Waals surface area contributed by atoms with Crippen LogP contribution in [0.5, 0.6) is 5.75 Å². The van der Waals surface area contributed by atoms with Crippen molar-refractivity contribution in [2.24, 2.45) is 0 Å². The molecular formula is C24H17N3O3. The summed E-state index contributed by atoms with van der Waals surface area (Å²) in [6, 6.07) is 22.9. The summed E-state index contributed by atoms with van der Waals surface area (Å²) in [5.41, 5.74) is 3.99. The molecule has 30 heavy (non-hydrogen) atoms. The van der Waals surface area contributed by atoms with Crippen molar-refractivity contribution in [1.29, 1.82) is 0 Å². The van der Waals surface area contributed by atoms with Gasteiger partial charge in [-0.3, -0.25) is 4.98 Å². The van der Waals surface area contributed by atoms with Crippen LogP contribution in [0.4, 0.5) is 0 Å². The van der Waals surface area contributed by atoms with E-state index in [0.717, 1.165) is 22.2 Å². The topological polar surface area (TPSA) is 70.2 Å². The van der Waals surface area contributed by atoms with Crippen LogP contribution >= 0.6 is 0 Å². The van der Waals surface area contributed by atoms with Crippen molar-refractivity contribution < 1.29 is 9.15 Å². The van der Waals surface area contributed by atoms with Gasteiger partial charge in [0.15, 0.2) is 0 Å². The maximum absolute atomic E-state index is 12.3. The molecule has 2 aromatic carbocycles. The van der Waals surface area contributed by atoms with Crippen LogP contribution in [-0.2, 0) is 6.61 Å². The van der Waals surface area contributed by atoms with Gasteiger partial charge >= 0.3 is 5.76 Å². The molecule has 0 amide bonds. The van der Waals surface area contributed by atoms with E-state index in [4.69, 9.17) is 9.15 Å². The minimum atomic E-state index is -0.448. The molecule has 0 unspecified atom stereocenters. The number of para-hydroxylation sites is 1. The van der Waals surface area contributed by atoms with E-state index in [2.05, 4.69) is 9.97 Å². The van der Waals surface area contributed by atoms with E-state index in [1.165, 1.54) is 10.8 Å². The van der Waals surface area contributed by atoms with Gasteiger partial charge in [0.25, 0.3) is 0 Å². The number of ether oxygens (including phenoxy) is 1. The van der Waals surface area contributed by atoms with E-state index >= 15 is 0 Å². The number of pyridine rings is 2. The summed E-state index contributed by atoms with van der Waals surface area (Å²) in [5.74, 6) is 0.242. The first kappa shape index (κ1) is 17.9. The minimum absolute atomic E-state index is 0.359. The molecule has 0 N–H and O–H groups in total. The predicted octanol–water partition coefficient (Wildman–Crippen LogP) is 4.62. The maximum Gasteiger partial charge on any atom is 0.424 e. The van der Waals surface area contributed by atoms with E-state index in [-0.39, 0.29) is 0 Å². The summed E-state index contributed by atoms with van der Waals surface area (Å²) in [4.78, 5) is 20.9. The van der Waals surface area contributed by atoms with Gasteiger partial charge in [0.05, 0.1) is 22.6 Å². The lowest BCUT2D eigenvalue weighted by Gasteiger charge is -2.09. The van der Waals surface area contributed by atoms with Crippen LogP contribution in [-0.4, -0.2) is 14.5 Å². The third-order valence-electron chi connectivity index (χ3n) is 4.81. The van der Waals surface area contributed by atoms with Crippen LogP contribution in [0.2, 0.25) is 0 Å². The number of benzene rings is 2. The van der Waals surface area contributed by atoms with Crippen LogP contribution in [0.15, 0.2) is 101 Å². The summed E-state index contributed by atoms with van der Waals surface area (Å²) >= 11 is 0. The smallest absolute Gasteiger partial charge is 0.424 e. The lowest BCUT2D eigenvalue weighted by atomic mass is 10.2. The summed E-state index contributed by atoms with van der Waals surface area (Å²) in [6.07, 6.45) is 4.80. The van der Waals surface area contributed by atoms with Gasteiger partial charge in [-0.05, 0) is 48.5 Å². The van der Waals surface area contributed by atoms with Crippen LogP contribution in [0.1, 0.15) is 5.69 Å². The van der Waals surface area contributed by atoms with Gasteiger partial charge in [0.2, 0.25) is 0 Å². The molecular weight excluding hydrogens is 378 g/mol. The van der Waals surface area contributed by atoms with Crippen molar-refractivity contribution >= 4 is 10.9 Å². The lowest BCUT2D eigenvalue weighted by molar-refractivity contribution is 0.302. The van der Waals surface area contributed by atoms with E-state index in [1.54, 1.807) is 12.4 Å². The van der Waals surface area contributed by atoms with Gasteiger partial charge in [0.1, 0.15) is 18.6 Å². The zero-order valence-corrected chi connectivity index (χ0v) is 15.9. The Bertz CT molecular complexity index is 1360. The Kier molecular flexibility index (Phi) is 4.57. The molecule has 3 aromatic heterocycles. The summed E-state index contributed by atoms with van der Waals surface area (Å²) in [7, 11) is 0. The van der Waals surface area contributed by atoms with E-state index < -0.39 is 5.76 Å². The number of aromatic nitrogens is 3. The molecule has 0 atom stereocenters. The molecule has 5 aromatic rings. The Labute approximate surface area is 172 Å². The van der Waals surface area contributed by atoms with Crippen molar-refractivity contribution in [1.82, 2.24) is 14.5 Å². The average Bonchev–Trinajstić information content (AvgIpc) is 3.20. The fraction of sp³-hybridized carbons (Fsp3) is 0.0417. The molecule has 0 bridgehead atoms. The number of oxazole rings is 1. The van der Waals surface area contributed by atoms with Crippen LogP contribution in [0.3, 0.4) is 0 Å². The summed E-state index contributed by atoms with van der Waals surface area (Å²) in [6.45, 7) is 0.359. The van der Waals surface area contributed by atoms with E-state index in [1.807, 2.05) is 72.8 Å². The molecule has 0 saturated carbocycles. The van der Waals surface area contributed by atoms with E-state index in [9.17, 15) is 4.79 Å². The van der Waals surface area contributed by atoms with E-state index in [0.29, 0.717) is 23.7 Å². The lowest BCUT2D eigenvalue weighted by Crippen LogP contribution is -2.13. The molecule has 0 aliphatic rings. The quantitative estimate of drug-likeness (QED) is 0.434. The van der Waals surface area contributed by atoms with Crippen molar-refractivity contribution in [3.05, 3.63) is 108 Å². The molecule has 3 heterocycles. The first-order valence-electron chi connectivity index (χ1n) is 9.47. The Morgan fingerprint density at radius 1 is 0.900 bits per heavy atom. The van der Waals surface area contributed by atoms with Crippen molar-refractivity contribution in [2.45, 2.75) is 6.61 Å². The highest BCUT2D eigenvalue weighted by Crippen LogP contribution is 2.23. The van der Waals surface area contributed by atoms with Crippen molar-refractivity contribution in [3.8, 4) is 22.7 Å². The SMILES string of the molecule is O=c1occ(-c2ccncc2)n1-c1ccc(OCc2ccc3ccccc3n2)cc1. The van der Waals surface area contributed by atoms with Crippen molar-refractivity contribution in [3.63, 3.8) is 0 Å². The van der Waals surface area contributed by atoms with Crippen LogP contribution < -0.4 is 10.5 Å². The molecule has 0 aliphatic carbocycles. The third kappa shape index (κ3) is 3.46. The normalized spacial score (nSPS) is 10.9. The molecule has 6 nitrogen and oxygen atoms in total. The fourth-order valence-electron chi connectivity index (χ4n) is 3.31. The first-order chi connectivity index (χ1) is 14.8. The zero-order valence-electron chi connectivity index (χ0n) is 15.9. The molecule has 0 saturated heterocycles. The number of hydrogen-bond acceptors (Lipinski definition) is 5. The molecule has 6 heteroatoms. The third-order valence-corrected chi connectivity index (χ3v) is 4.81. The number of hydrogen-bond donors (Lipinski definition) is 0. The molecule has 0 aliphatic heterocycles. The highest BCUT2D eigenvalue weighted by Gasteiger charge is 2.12. The monoisotopic (exact) mass is 395 g/mol. The molecule has 0 fully saturated rings. The Morgan fingerprint density at radius 2 is 1.70 bits per heavy atom. The second-order valence-corrected chi connectivity index (χ2v) is 6.74. The summed E-state index contributed by atoms with van der Waals surface area (Å²) < 4.78 is 12.5. The zero-order chi connectivity index (χ0) is 20.3. The van der Waals surface area contributed by atoms with Crippen LogP contribution in [0.25, 0.3) is 27.8 Å². The predicted molar refractivity (Wildman–Crippen MR) is 114 cm³/mol. The van der Waals surface area contributed by atoms with Crippen LogP contribution in [0, 0.1) is 0 Å². The second-order valence-electron chi connectivity index (χ2n) is 6.74. The van der Waals surface area contributed by atoms with Gasteiger partial charge in [-0.25, -0.2) is 14.3 Å². The minimum Gasteiger partial charge on any atom is -0.487 e. The Morgan fingerprint density at radius 3 is 2.53 bits per heavy atom. The largest absolute Gasteiger partial charge is 0.487 e. The molecule has 0 radical (unpaired) electrons. The first-order valence-corrected chi connectivity index (χ1v) is 9.47. The Hall–Kier alpha value is -4.19. The molecule has 5 rings (SSSR count). The fourth-order valence-corrected chi connectivity index (χ4v) is 3.31. The molecule has 0 spiro atoms.